The Balaban J connectivity index is 2.09. The van der Waals surface area contributed by atoms with Crippen molar-refractivity contribution in [2.75, 3.05) is 7.11 Å². The number of fused-ring (bicyclic) bond motifs is 2. The van der Waals surface area contributed by atoms with Crippen LogP contribution in [-0.2, 0) is 4.74 Å². The number of methoxy groups -OCH3 is 1. The maximum atomic E-state index is 13.8. The predicted octanol–water partition coefficient (Wildman–Crippen LogP) is 4.10. The molecule has 5 heteroatoms. The third-order valence-electron chi connectivity index (χ3n) is 4.06. The van der Waals surface area contributed by atoms with Crippen molar-refractivity contribution in [1.82, 2.24) is 9.55 Å². The lowest BCUT2D eigenvalue weighted by atomic mass is 10.1. The van der Waals surface area contributed by atoms with Crippen LogP contribution in [0.5, 0.6) is 0 Å². The number of carbonyl (C=O) groups is 1. The minimum atomic E-state index is -0.455. The summed E-state index contributed by atoms with van der Waals surface area (Å²) in [5.74, 6) is -0.819. The second-order valence-electron chi connectivity index (χ2n) is 5.41. The van der Waals surface area contributed by atoms with E-state index in [-0.39, 0.29) is 5.82 Å². The van der Waals surface area contributed by atoms with Gasteiger partial charge in [0.05, 0.1) is 29.4 Å². The molecule has 0 aliphatic carbocycles. The molecule has 0 aliphatic rings. The minimum Gasteiger partial charge on any atom is -0.465 e. The van der Waals surface area contributed by atoms with Crippen LogP contribution in [-0.4, -0.2) is 22.6 Å². The smallest absolute Gasteiger partial charge is 0.340 e. The summed E-state index contributed by atoms with van der Waals surface area (Å²) in [4.78, 5) is 16.4. The summed E-state index contributed by atoms with van der Waals surface area (Å²) in [6.07, 6.45) is 3.37. The van der Waals surface area contributed by atoms with E-state index in [4.69, 9.17) is 4.74 Å². The Morgan fingerprint density at radius 3 is 2.79 bits per heavy atom. The van der Waals surface area contributed by atoms with Crippen molar-refractivity contribution in [1.29, 1.82) is 0 Å². The number of esters is 1. The van der Waals surface area contributed by atoms with Crippen LogP contribution in [0, 0.1) is 5.82 Å². The molecular weight excluding hydrogens is 307 g/mol. The first-order valence-corrected chi connectivity index (χ1v) is 7.42. The standard InChI is InChI=1S/C19H13FN2O2/c1-24-19(23)15-11-22(18-10-12(20)6-7-13(15)18)17-8-9-21-16-5-3-2-4-14(16)17/h2-11H,1H3. The van der Waals surface area contributed by atoms with Gasteiger partial charge in [0, 0.05) is 23.2 Å². The number of para-hydroxylation sites is 1. The van der Waals surface area contributed by atoms with Gasteiger partial charge in [-0.3, -0.25) is 4.98 Å². The van der Waals surface area contributed by atoms with E-state index in [0.29, 0.717) is 16.5 Å². The molecule has 0 unspecified atom stereocenters. The van der Waals surface area contributed by atoms with Crippen LogP contribution in [0.3, 0.4) is 0 Å². The van der Waals surface area contributed by atoms with Gasteiger partial charge in [0.25, 0.3) is 0 Å². The lowest BCUT2D eigenvalue weighted by molar-refractivity contribution is 0.0603. The van der Waals surface area contributed by atoms with E-state index < -0.39 is 5.97 Å². The normalized spacial score (nSPS) is 11.1. The number of ether oxygens (including phenoxy) is 1. The van der Waals surface area contributed by atoms with Crippen molar-refractivity contribution in [3.8, 4) is 5.69 Å². The lowest BCUT2D eigenvalue weighted by Gasteiger charge is -2.09. The summed E-state index contributed by atoms with van der Waals surface area (Å²) >= 11 is 0. The van der Waals surface area contributed by atoms with Crippen LogP contribution in [0.1, 0.15) is 10.4 Å². The molecule has 2 aromatic carbocycles. The molecule has 4 aromatic rings. The first-order chi connectivity index (χ1) is 11.7. The van der Waals surface area contributed by atoms with Gasteiger partial charge in [-0.1, -0.05) is 18.2 Å². The van der Waals surface area contributed by atoms with E-state index in [1.807, 2.05) is 30.3 Å². The zero-order chi connectivity index (χ0) is 16.7. The summed E-state index contributed by atoms with van der Waals surface area (Å²) in [6, 6.07) is 13.9. The average molecular weight is 320 g/mol. The zero-order valence-electron chi connectivity index (χ0n) is 12.9. The summed E-state index contributed by atoms with van der Waals surface area (Å²) in [6.45, 7) is 0. The summed E-state index contributed by atoms with van der Waals surface area (Å²) in [7, 11) is 1.33. The molecule has 4 rings (SSSR count). The third-order valence-corrected chi connectivity index (χ3v) is 4.06. The van der Waals surface area contributed by atoms with Crippen LogP contribution in [0.2, 0.25) is 0 Å². The number of halogens is 1. The van der Waals surface area contributed by atoms with Crippen LogP contribution in [0.15, 0.2) is 60.9 Å². The molecule has 0 spiro atoms. The van der Waals surface area contributed by atoms with Crippen LogP contribution in [0.25, 0.3) is 27.5 Å². The second kappa shape index (κ2) is 5.45. The van der Waals surface area contributed by atoms with Gasteiger partial charge in [0.15, 0.2) is 0 Å². The zero-order valence-corrected chi connectivity index (χ0v) is 12.9. The van der Waals surface area contributed by atoms with Crippen molar-refractivity contribution < 1.29 is 13.9 Å². The van der Waals surface area contributed by atoms with Crippen molar-refractivity contribution in [2.24, 2.45) is 0 Å². The number of pyridine rings is 1. The molecule has 2 aromatic heterocycles. The highest BCUT2D eigenvalue weighted by Gasteiger charge is 2.18. The highest BCUT2D eigenvalue weighted by atomic mass is 19.1. The van der Waals surface area contributed by atoms with Crippen molar-refractivity contribution in [3.05, 3.63) is 72.3 Å². The Hall–Kier alpha value is -3.21. The molecule has 0 aliphatic heterocycles. The molecule has 0 saturated heterocycles. The molecule has 0 saturated carbocycles. The Kier molecular flexibility index (Phi) is 3.27. The maximum absolute atomic E-state index is 13.8. The second-order valence-corrected chi connectivity index (χ2v) is 5.41. The monoisotopic (exact) mass is 320 g/mol. The SMILES string of the molecule is COC(=O)c1cn(-c2ccnc3ccccc23)c2cc(F)ccc12. The number of benzene rings is 2. The Morgan fingerprint density at radius 2 is 1.96 bits per heavy atom. The molecule has 0 amide bonds. The number of hydrogen-bond donors (Lipinski definition) is 0. The largest absolute Gasteiger partial charge is 0.465 e. The number of nitrogens with zero attached hydrogens (tertiary/aromatic N) is 2. The summed E-state index contributed by atoms with van der Waals surface area (Å²) in [5.41, 5.74) is 2.65. The van der Waals surface area contributed by atoms with Gasteiger partial charge >= 0.3 is 5.97 Å². The molecule has 24 heavy (non-hydrogen) atoms. The molecule has 118 valence electrons. The molecule has 2 heterocycles. The van der Waals surface area contributed by atoms with Gasteiger partial charge in [-0.2, -0.15) is 0 Å². The Bertz CT molecular complexity index is 1080. The molecule has 0 atom stereocenters. The fourth-order valence-corrected chi connectivity index (χ4v) is 2.96. The van der Waals surface area contributed by atoms with E-state index in [2.05, 4.69) is 4.98 Å². The Labute approximate surface area is 137 Å². The Morgan fingerprint density at radius 1 is 1.12 bits per heavy atom. The fourth-order valence-electron chi connectivity index (χ4n) is 2.96. The molecule has 0 fully saturated rings. The highest BCUT2D eigenvalue weighted by Crippen LogP contribution is 2.29. The van der Waals surface area contributed by atoms with Gasteiger partial charge in [-0.05, 0) is 30.3 Å². The molecule has 0 N–H and O–H groups in total. The van der Waals surface area contributed by atoms with Crippen LogP contribution in [0.4, 0.5) is 4.39 Å². The first kappa shape index (κ1) is 14.4. The summed E-state index contributed by atoms with van der Waals surface area (Å²) in [5, 5.41) is 1.56. The quantitative estimate of drug-likeness (QED) is 0.522. The minimum absolute atomic E-state index is 0.364. The van der Waals surface area contributed by atoms with E-state index in [1.165, 1.54) is 19.2 Å². The van der Waals surface area contributed by atoms with Crippen molar-refractivity contribution >= 4 is 27.8 Å². The topological polar surface area (TPSA) is 44.1 Å². The van der Waals surface area contributed by atoms with E-state index in [0.717, 1.165) is 16.6 Å². The van der Waals surface area contributed by atoms with Gasteiger partial charge in [-0.15, -0.1) is 0 Å². The van der Waals surface area contributed by atoms with Crippen LogP contribution >= 0.6 is 0 Å². The van der Waals surface area contributed by atoms with Gasteiger partial charge in [0.1, 0.15) is 5.82 Å². The number of rotatable bonds is 2. The van der Waals surface area contributed by atoms with Crippen molar-refractivity contribution in [2.45, 2.75) is 0 Å². The summed E-state index contributed by atoms with van der Waals surface area (Å²) < 4.78 is 20.4. The molecule has 0 radical (unpaired) electrons. The van der Waals surface area contributed by atoms with Gasteiger partial charge in [0.2, 0.25) is 0 Å². The maximum Gasteiger partial charge on any atom is 0.340 e. The highest BCUT2D eigenvalue weighted by molar-refractivity contribution is 6.05. The average Bonchev–Trinajstić information content (AvgIpc) is 2.99. The molecular formula is C19H13FN2O2. The predicted molar refractivity (Wildman–Crippen MR) is 89.9 cm³/mol. The third kappa shape index (κ3) is 2.13. The number of aromatic nitrogens is 2. The van der Waals surface area contributed by atoms with E-state index >= 15 is 0 Å². The van der Waals surface area contributed by atoms with Crippen molar-refractivity contribution in [3.63, 3.8) is 0 Å². The van der Waals surface area contributed by atoms with Gasteiger partial charge < -0.3 is 9.30 Å². The fraction of sp³-hybridized carbons (Fsp3) is 0.0526. The lowest BCUT2D eigenvalue weighted by Crippen LogP contribution is -2.00. The molecule has 0 bridgehead atoms. The number of carbonyl (C=O) groups excluding carboxylic acids is 1. The molecule has 4 nitrogen and oxygen atoms in total. The van der Waals surface area contributed by atoms with E-state index in [9.17, 15) is 9.18 Å². The number of hydrogen-bond acceptors (Lipinski definition) is 3. The van der Waals surface area contributed by atoms with E-state index in [1.54, 1.807) is 23.0 Å². The first-order valence-electron chi connectivity index (χ1n) is 7.42. The van der Waals surface area contributed by atoms with Gasteiger partial charge in [-0.25, -0.2) is 9.18 Å². The van der Waals surface area contributed by atoms with Crippen LogP contribution < -0.4 is 0 Å².